The second kappa shape index (κ2) is 9.06. The van der Waals surface area contributed by atoms with E-state index in [1.54, 1.807) is 26.0 Å². The van der Waals surface area contributed by atoms with Gasteiger partial charge in [-0.15, -0.1) is 0 Å². The zero-order valence-corrected chi connectivity index (χ0v) is 17.9. The molecule has 27 heavy (non-hydrogen) atoms. The molecular formula is C20H33N3O3S. The lowest BCUT2D eigenvalue weighted by atomic mass is 10.0. The number of nitrogens with zero attached hydrogens (tertiary/aromatic N) is 1. The molecule has 1 fully saturated rings. The van der Waals surface area contributed by atoms with Gasteiger partial charge in [0.2, 0.25) is 15.9 Å². The Hall–Kier alpha value is -1.60. The molecule has 0 spiro atoms. The van der Waals surface area contributed by atoms with Crippen molar-refractivity contribution in [2.45, 2.75) is 77.3 Å². The fourth-order valence-electron chi connectivity index (χ4n) is 3.20. The topological polar surface area (TPSA) is 78.5 Å². The highest BCUT2D eigenvalue weighted by atomic mass is 32.2. The number of sulfonamides is 1. The standard InChI is InChI=1S/C20H33N3O3S/c1-6-15(4)22-27(25,26)19-13-17(21-20(24)14(2)3)10-11-18(19)23-12-8-7-9-16(23)5/h10-11,13-16,22H,6-9,12H2,1-5H3,(H,21,24)/t15-,16+/m0/s1. The highest BCUT2D eigenvalue weighted by Gasteiger charge is 2.27. The summed E-state index contributed by atoms with van der Waals surface area (Å²) >= 11 is 0. The monoisotopic (exact) mass is 395 g/mol. The highest BCUT2D eigenvalue weighted by Crippen LogP contribution is 2.33. The van der Waals surface area contributed by atoms with Gasteiger partial charge >= 0.3 is 0 Å². The van der Waals surface area contributed by atoms with E-state index in [1.807, 2.05) is 19.9 Å². The number of piperidine rings is 1. The maximum atomic E-state index is 13.1. The van der Waals surface area contributed by atoms with Crippen LogP contribution in [-0.4, -0.2) is 33.0 Å². The summed E-state index contributed by atoms with van der Waals surface area (Å²) in [4.78, 5) is 14.5. The first kappa shape index (κ1) is 21.7. The van der Waals surface area contributed by atoms with E-state index in [4.69, 9.17) is 0 Å². The molecule has 0 radical (unpaired) electrons. The first-order chi connectivity index (χ1) is 12.7. The lowest BCUT2D eigenvalue weighted by Crippen LogP contribution is -2.39. The highest BCUT2D eigenvalue weighted by molar-refractivity contribution is 7.89. The van der Waals surface area contributed by atoms with Gasteiger partial charge in [-0.3, -0.25) is 4.79 Å². The van der Waals surface area contributed by atoms with Crippen molar-refractivity contribution < 1.29 is 13.2 Å². The summed E-state index contributed by atoms with van der Waals surface area (Å²) in [5, 5.41) is 2.81. The van der Waals surface area contributed by atoms with Crippen molar-refractivity contribution in [2.75, 3.05) is 16.8 Å². The van der Waals surface area contributed by atoms with E-state index in [9.17, 15) is 13.2 Å². The number of carbonyl (C=O) groups is 1. The largest absolute Gasteiger partial charge is 0.368 e. The van der Waals surface area contributed by atoms with Crippen LogP contribution in [0.1, 0.15) is 60.3 Å². The van der Waals surface area contributed by atoms with Crippen molar-refractivity contribution >= 4 is 27.3 Å². The van der Waals surface area contributed by atoms with Crippen molar-refractivity contribution in [1.82, 2.24) is 4.72 Å². The average molecular weight is 396 g/mol. The fraction of sp³-hybridized carbons (Fsp3) is 0.650. The maximum Gasteiger partial charge on any atom is 0.242 e. The molecule has 1 aromatic carbocycles. The normalized spacial score (nSPS) is 19.2. The van der Waals surface area contributed by atoms with Crippen LogP contribution in [0.15, 0.2) is 23.1 Å². The molecule has 1 aromatic rings. The number of rotatable bonds is 7. The number of anilines is 2. The van der Waals surface area contributed by atoms with E-state index in [2.05, 4.69) is 21.9 Å². The second-order valence-corrected chi connectivity index (χ2v) is 9.48. The quantitative estimate of drug-likeness (QED) is 0.737. The van der Waals surface area contributed by atoms with Gasteiger partial charge in [0.05, 0.1) is 5.69 Å². The van der Waals surface area contributed by atoms with Gasteiger partial charge in [0, 0.05) is 30.2 Å². The van der Waals surface area contributed by atoms with Crippen molar-refractivity contribution in [3.63, 3.8) is 0 Å². The number of amides is 1. The zero-order valence-electron chi connectivity index (χ0n) is 17.1. The smallest absolute Gasteiger partial charge is 0.242 e. The maximum absolute atomic E-state index is 13.1. The predicted octanol–water partition coefficient (Wildman–Crippen LogP) is 3.74. The molecule has 1 heterocycles. The van der Waals surface area contributed by atoms with Gasteiger partial charge in [-0.25, -0.2) is 13.1 Å². The summed E-state index contributed by atoms with van der Waals surface area (Å²) in [6.07, 6.45) is 3.96. The molecule has 0 aromatic heterocycles. The van der Waals surface area contributed by atoms with E-state index in [0.29, 0.717) is 17.8 Å². The summed E-state index contributed by atoms with van der Waals surface area (Å²) in [5.41, 5.74) is 1.21. The number of nitrogens with one attached hydrogen (secondary N) is 2. The van der Waals surface area contributed by atoms with Crippen molar-refractivity contribution in [2.24, 2.45) is 5.92 Å². The molecule has 0 bridgehead atoms. The summed E-state index contributed by atoms with van der Waals surface area (Å²) in [6.45, 7) is 10.4. The Bertz CT molecular complexity index is 762. The molecule has 152 valence electrons. The molecular weight excluding hydrogens is 362 g/mol. The van der Waals surface area contributed by atoms with Gasteiger partial charge in [-0.2, -0.15) is 0 Å². The Labute approximate surface area is 163 Å². The summed E-state index contributed by atoms with van der Waals surface area (Å²) in [6, 6.07) is 5.33. The van der Waals surface area contributed by atoms with E-state index in [0.717, 1.165) is 25.8 Å². The van der Waals surface area contributed by atoms with Crippen LogP contribution in [0.25, 0.3) is 0 Å². The van der Waals surface area contributed by atoms with Gasteiger partial charge in [0.25, 0.3) is 0 Å². The third-order valence-electron chi connectivity index (χ3n) is 5.12. The van der Waals surface area contributed by atoms with Gasteiger partial charge in [0.1, 0.15) is 4.90 Å². The molecule has 1 saturated heterocycles. The van der Waals surface area contributed by atoms with Crippen molar-refractivity contribution in [3.05, 3.63) is 18.2 Å². The Morgan fingerprint density at radius 3 is 2.56 bits per heavy atom. The van der Waals surface area contributed by atoms with Crippen LogP contribution in [0, 0.1) is 5.92 Å². The first-order valence-corrected chi connectivity index (χ1v) is 11.4. The van der Waals surface area contributed by atoms with Gasteiger partial charge in [-0.1, -0.05) is 20.8 Å². The Balaban J connectivity index is 2.47. The molecule has 0 unspecified atom stereocenters. The molecule has 2 N–H and O–H groups in total. The van der Waals surface area contributed by atoms with E-state index >= 15 is 0 Å². The molecule has 2 rings (SSSR count). The van der Waals surface area contributed by atoms with Crippen LogP contribution >= 0.6 is 0 Å². The Kier molecular flexibility index (Phi) is 7.28. The molecule has 6 nitrogen and oxygen atoms in total. The summed E-state index contributed by atoms with van der Waals surface area (Å²) in [7, 11) is -3.70. The predicted molar refractivity (Wildman–Crippen MR) is 111 cm³/mol. The molecule has 0 saturated carbocycles. The fourth-order valence-corrected chi connectivity index (χ4v) is 4.76. The van der Waals surface area contributed by atoms with Crippen LogP contribution in [-0.2, 0) is 14.8 Å². The van der Waals surface area contributed by atoms with E-state index in [-0.39, 0.29) is 28.8 Å². The third-order valence-corrected chi connectivity index (χ3v) is 6.74. The molecule has 0 aliphatic carbocycles. The van der Waals surface area contributed by atoms with Crippen LogP contribution in [0.5, 0.6) is 0 Å². The van der Waals surface area contributed by atoms with Gasteiger partial charge in [-0.05, 0) is 57.7 Å². The zero-order chi connectivity index (χ0) is 20.2. The number of hydrogen-bond acceptors (Lipinski definition) is 4. The number of benzene rings is 1. The number of hydrogen-bond donors (Lipinski definition) is 2. The minimum atomic E-state index is -3.70. The van der Waals surface area contributed by atoms with Crippen molar-refractivity contribution in [1.29, 1.82) is 0 Å². The van der Waals surface area contributed by atoms with Gasteiger partial charge < -0.3 is 10.2 Å². The third kappa shape index (κ3) is 5.45. The number of carbonyl (C=O) groups excluding carboxylic acids is 1. The SMILES string of the molecule is CC[C@H](C)NS(=O)(=O)c1cc(NC(=O)C(C)C)ccc1N1CCCC[C@H]1C. The average Bonchev–Trinajstić information content (AvgIpc) is 2.61. The minimum absolute atomic E-state index is 0.132. The first-order valence-electron chi connectivity index (χ1n) is 9.89. The van der Waals surface area contributed by atoms with Crippen molar-refractivity contribution in [3.8, 4) is 0 Å². The van der Waals surface area contributed by atoms with E-state index in [1.165, 1.54) is 0 Å². The lowest BCUT2D eigenvalue weighted by Gasteiger charge is -2.36. The Morgan fingerprint density at radius 2 is 1.96 bits per heavy atom. The summed E-state index contributed by atoms with van der Waals surface area (Å²) < 4.78 is 28.9. The van der Waals surface area contributed by atoms with Crippen LogP contribution in [0.4, 0.5) is 11.4 Å². The lowest BCUT2D eigenvalue weighted by molar-refractivity contribution is -0.118. The molecule has 1 aliphatic rings. The molecule has 1 aliphatic heterocycles. The second-order valence-electron chi connectivity index (χ2n) is 7.80. The minimum Gasteiger partial charge on any atom is -0.368 e. The van der Waals surface area contributed by atoms with Crippen LogP contribution in [0.2, 0.25) is 0 Å². The molecule has 7 heteroatoms. The van der Waals surface area contributed by atoms with E-state index < -0.39 is 10.0 Å². The molecule has 2 atom stereocenters. The van der Waals surface area contributed by atoms with Crippen LogP contribution in [0.3, 0.4) is 0 Å². The Morgan fingerprint density at radius 1 is 1.26 bits per heavy atom. The van der Waals surface area contributed by atoms with Crippen LogP contribution < -0.4 is 14.9 Å². The van der Waals surface area contributed by atoms with Gasteiger partial charge in [0.15, 0.2) is 0 Å². The summed E-state index contributed by atoms with van der Waals surface area (Å²) in [5.74, 6) is -0.308. The molecule has 1 amide bonds.